The van der Waals surface area contributed by atoms with Gasteiger partial charge in [-0.3, -0.25) is 24.0 Å². The first-order valence-electron chi connectivity index (χ1n) is 44.6. The number of ketones is 2. The largest absolute Gasteiger partial charge is 0.540 e. The molecule has 2 unspecified atom stereocenters. The number of rotatable bonds is 7. The van der Waals surface area contributed by atoms with E-state index in [4.69, 9.17) is 47.4 Å². The minimum atomic E-state index is -3.66. The number of halogens is 6. The molecule has 6 aliphatic heterocycles. The number of aryl methyl sites for hydroxylation is 2. The smallest absolute Gasteiger partial charge is 0.408 e. The molecule has 16 rings (SSSR count). The molecule has 0 spiro atoms. The third-order valence-electron chi connectivity index (χ3n) is 26.8. The summed E-state index contributed by atoms with van der Waals surface area (Å²) in [5.41, 5.74) is -0.646. The van der Waals surface area contributed by atoms with Gasteiger partial charge in [-0.15, -0.1) is 0 Å². The molecular weight excluding hydrogens is 1890 g/mol. The SMILES string of the molecule is CC[C@@H]1[C@@H]2CN(C(=O)[C@H](C(C)(C)C)NC(=O)O[C@@H]3C[C@H]3CC(=O)C(F)(F)CCc3nc4ccc(OC)cc4nc3O2)[C@@H]1[C-]=O.COc1ccc2nc3c(nc2c1)O[C@H]1CN(C(=O)[C@H](C(C)(C)C)NC(=O)O[C@@H]2CC4CC4[C@H]2COCCC3(F)F)[C@H]([C-]=O)[C@@H]1C.COc1ccc2nc3c(nc2c1)O[C@H]1CN(C(=O)[C@H](C(C)(C)C)NC(=O)O[C@@H]2C[C@H]2CC(=O)C(F)(F)CC3)[C@H]([C-]=O)[C@@H]1C.[V].[V].[V]. The molecule has 10 aliphatic rings. The van der Waals surface area contributed by atoms with Crippen molar-refractivity contribution in [2.75, 3.05) is 54.2 Å². The molecule has 9 heterocycles. The number of benzene rings is 3. The van der Waals surface area contributed by atoms with Crippen molar-refractivity contribution in [2.45, 2.75) is 251 Å². The van der Waals surface area contributed by atoms with Crippen LogP contribution in [0.25, 0.3) is 33.1 Å². The zero-order valence-electron chi connectivity index (χ0n) is 77.5. The molecule has 3 radical (unpaired) electrons. The summed E-state index contributed by atoms with van der Waals surface area (Å²) in [4.78, 5) is 173. The minimum absolute atomic E-state index is 0. The molecule has 20 atom stereocenters. The Morgan fingerprint density at radius 2 is 0.793 bits per heavy atom. The van der Waals surface area contributed by atoms with E-state index in [1.165, 1.54) is 36.0 Å². The van der Waals surface area contributed by atoms with Crippen molar-refractivity contribution in [1.29, 1.82) is 0 Å². The Hall–Kier alpha value is -9.66. The van der Waals surface area contributed by atoms with Gasteiger partial charge in [0.05, 0.1) is 87.3 Å². The van der Waals surface area contributed by atoms with E-state index in [0.717, 1.165) is 6.42 Å². The number of nitrogens with zero attached hydrogens (tertiary/aromatic N) is 9. The third kappa shape index (κ3) is 23.5. The number of alkyl carbamates (subject to hydrolysis) is 3. The molecule has 6 amide bonds. The number of hydrogen-bond donors (Lipinski definition) is 3. The summed E-state index contributed by atoms with van der Waals surface area (Å²) in [5.74, 6) is -16.1. The molecule has 4 aliphatic carbocycles. The van der Waals surface area contributed by atoms with E-state index in [2.05, 4.69) is 45.9 Å². The van der Waals surface area contributed by atoms with Gasteiger partial charge in [0.15, 0.2) is 5.69 Å². The maximum atomic E-state index is 15.9. The van der Waals surface area contributed by atoms with Gasteiger partial charge < -0.3 is 92.4 Å². The molecule has 6 aromatic rings. The fourth-order valence-electron chi connectivity index (χ4n) is 18.4. The molecule has 135 heavy (non-hydrogen) atoms. The molecule has 3 aromatic carbocycles. The van der Waals surface area contributed by atoms with Gasteiger partial charge in [-0.2, -0.15) is 26.3 Å². The Morgan fingerprint density at radius 1 is 0.430 bits per heavy atom. The van der Waals surface area contributed by atoms with E-state index in [0.29, 0.717) is 64.0 Å². The first-order valence-corrected chi connectivity index (χ1v) is 44.6. The summed E-state index contributed by atoms with van der Waals surface area (Å²) < 4.78 is 149. The molecular formula is C93H111F6N12O21V3-3. The Kier molecular flexibility index (Phi) is 32.9. The second kappa shape index (κ2) is 42.0. The predicted molar refractivity (Wildman–Crippen MR) is 458 cm³/mol. The molecule has 3 aromatic heterocycles. The molecule has 6 bridgehead atoms. The Balaban J connectivity index is 0.000000193. The maximum Gasteiger partial charge on any atom is 0.408 e. The molecule has 42 heteroatoms. The monoisotopic (exact) mass is 2000 g/mol. The number of fused-ring (bicyclic) bond motifs is 17. The van der Waals surface area contributed by atoms with E-state index in [-0.39, 0.29) is 154 Å². The fourth-order valence-corrected chi connectivity index (χ4v) is 18.4. The average Bonchev–Trinajstić information content (AvgIpc) is 1.60. The Bertz CT molecular complexity index is 5450. The van der Waals surface area contributed by atoms with Crippen LogP contribution < -0.4 is 44.4 Å². The third-order valence-corrected chi connectivity index (χ3v) is 26.8. The second-order valence-corrected chi connectivity index (χ2v) is 39.2. The van der Waals surface area contributed by atoms with Crippen LogP contribution in [0.3, 0.4) is 0 Å². The summed E-state index contributed by atoms with van der Waals surface area (Å²) in [6.45, 7) is 20.8. The van der Waals surface area contributed by atoms with Gasteiger partial charge in [0.25, 0.3) is 5.92 Å². The number of carbonyl (C=O) groups excluding carboxylic acids is 11. The van der Waals surface area contributed by atoms with E-state index >= 15 is 26.3 Å². The zero-order valence-corrected chi connectivity index (χ0v) is 81.7. The van der Waals surface area contributed by atoms with Crippen LogP contribution in [0.1, 0.15) is 164 Å². The summed E-state index contributed by atoms with van der Waals surface area (Å²) in [7, 11) is 4.46. The van der Waals surface area contributed by atoms with Crippen molar-refractivity contribution in [2.24, 2.45) is 63.6 Å². The number of Topliss-reactive ketones (excluding diaryl/α,β-unsaturated/α-hetero) is 2. The normalized spacial score (nSPS) is 30.2. The van der Waals surface area contributed by atoms with Gasteiger partial charge in [0.1, 0.15) is 83.4 Å². The van der Waals surface area contributed by atoms with Crippen LogP contribution in [0, 0.1) is 63.6 Å². The first kappa shape index (κ1) is 106. The molecule has 33 nitrogen and oxygen atoms in total. The van der Waals surface area contributed by atoms with Crippen LogP contribution in [0.2, 0.25) is 0 Å². The van der Waals surface area contributed by atoms with E-state index in [1.807, 2.05) is 25.8 Å². The van der Waals surface area contributed by atoms with Crippen molar-refractivity contribution < 1.29 is 182 Å². The number of aromatic nitrogens is 6. The zero-order chi connectivity index (χ0) is 95.5. The average molecular weight is 2000 g/mol. The molecule has 4 saturated carbocycles. The van der Waals surface area contributed by atoms with Crippen LogP contribution in [0.4, 0.5) is 40.7 Å². The quantitative estimate of drug-likeness (QED) is 0.0759. The fraction of sp³-hybridized carbons (Fsp3) is 0.624. The number of alkyl halides is 6. The van der Waals surface area contributed by atoms with Gasteiger partial charge in [0.2, 0.25) is 46.9 Å². The molecule has 7 fully saturated rings. The maximum absolute atomic E-state index is 15.9. The van der Waals surface area contributed by atoms with Gasteiger partial charge >= 0.3 is 30.1 Å². The standard InChI is InChI=1S/C32H39F2N4O7.C31H37F2N4O7.C30H35F2N4O7.3V/c1-16-23(14-39)38-13-25(16)44-28-26(35-21-7-6-18(42-5)12-22(21)36-28)32(33,34)8-9-43-15-20-19-10-17(19)11-24(20)45-30(41)37-27(29(38)40)31(2,3)4;1-6-18-22(15-38)37-14-24(18)43-27-20(34-19-8-7-17(42-5)13-21(19)35-27)9-10-31(32,33)25(39)12-16-11-23(16)44-29(41)36-26(28(37)40)30(2,3)4;1-15-21(14-37)36-13-23(15)42-26-19(33-18-7-6-17(41-5)12-20(18)34-26)8-9-30(31,32)24(38)11-16-10-22(16)43-28(40)35-25(27(36)39)29(2,3)4;;;/h6-7,12,16-17,19-20,23-25,27H,8-11,13,15H2,1-5H3,(H,37,41);7-8,13,16,18,22-24,26H,6,9-12,14H2,1-5H3,(H,36,41);6-7,12,15-16,21-23,25H,8-11,13H2,1-5H3,(H,35,40);;;/q3*-1;;;/t16-,17?,19?,20+,23+,24+,25-,27+;16-,18-,22+,23+,24-,26+;15-,16-,21+,22+,23-,25+;;;/m000.../s1. The molecule has 3 N–H and O–H groups in total. The summed E-state index contributed by atoms with van der Waals surface area (Å²) in [6.07, 6.45) is -2.40. The van der Waals surface area contributed by atoms with Gasteiger partial charge in [-0.25, -0.2) is 63.1 Å². The van der Waals surface area contributed by atoms with Crippen molar-refractivity contribution in [3.8, 4) is 34.9 Å². The van der Waals surface area contributed by atoms with Crippen molar-refractivity contribution >= 4 is 99.5 Å². The Labute approximate surface area is 812 Å². The van der Waals surface area contributed by atoms with Crippen LogP contribution >= 0.6 is 0 Å². The first-order chi connectivity index (χ1) is 62.3. The van der Waals surface area contributed by atoms with Crippen LogP contribution in [0.15, 0.2) is 54.6 Å². The number of carbonyl (C=O) groups is 8. The van der Waals surface area contributed by atoms with E-state index < -0.39 is 228 Å². The molecule has 3 saturated heterocycles. The topological polar surface area (TPSA) is 403 Å². The van der Waals surface area contributed by atoms with Gasteiger partial charge in [-0.05, 0) is 108 Å². The number of ether oxygens (including phenoxy) is 10. The molecule has 729 valence electrons. The van der Waals surface area contributed by atoms with E-state index in [1.54, 1.807) is 131 Å². The van der Waals surface area contributed by atoms with E-state index in [9.17, 15) is 52.7 Å². The minimum Gasteiger partial charge on any atom is -0.540 e. The van der Waals surface area contributed by atoms with Crippen molar-refractivity contribution in [3.63, 3.8) is 0 Å². The summed E-state index contributed by atoms with van der Waals surface area (Å²) >= 11 is 0. The summed E-state index contributed by atoms with van der Waals surface area (Å²) in [6, 6.07) is 8.30. The summed E-state index contributed by atoms with van der Waals surface area (Å²) in [5, 5.41) is 7.96. The van der Waals surface area contributed by atoms with Gasteiger partial charge in [-0.1, -0.05) is 108 Å². The van der Waals surface area contributed by atoms with Gasteiger partial charge in [0, 0.05) is 137 Å². The van der Waals surface area contributed by atoms with Crippen LogP contribution in [-0.4, -0.2) is 250 Å². The second-order valence-electron chi connectivity index (χ2n) is 39.2. The number of hydrogen-bond acceptors (Lipinski definition) is 27. The van der Waals surface area contributed by atoms with Crippen LogP contribution in [-0.2, 0) is 132 Å². The number of nitrogens with one attached hydrogen (secondary N) is 3. The number of methoxy groups -OCH3 is 3. The predicted octanol–water partition coefficient (Wildman–Crippen LogP) is 11.2. The Morgan fingerprint density at radius 3 is 1.19 bits per heavy atom. The van der Waals surface area contributed by atoms with Crippen LogP contribution in [0.5, 0.6) is 34.9 Å². The van der Waals surface area contributed by atoms with Crippen molar-refractivity contribution in [3.05, 3.63) is 71.7 Å². The number of amides is 6. The van der Waals surface area contributed by atoms with Crippen molar-refractivity contribution in [1.82, 2.24) is 60.6 Å².